The van der Waals surface area contributed by atoms with E-state index in [4.69, 9.17) is 11.1 Å². The van der Waals surface area contributed by atoms with Crippen molar-refractivity contribution in [2.75, 3.05) is 0 Å². The minimum atomic E-state index is 0.103. The number of hydrogen-bond acceptors (Lipinski definition) is 0. The fourth-order valence-corrected chi connectivity index (χ4v) is 4.56. The van der Waals surface area contributed by atoms with Crippen LogP contribution in [-0.4, -0.2) is 0 Å². The number of hydrogen-bond donors (Lipinski definition) is 0. The number of nitrogens with zero attached hydrogens (tertiary/aromatic N) is 3. The van der Waals surface area contributed by atoms with Crippen molar-refractivity contribution in [3.8, 4) is 11.1 Å². The highest BCUT2D eigenvalue weighted by molar-refractivity contribution is 5.64. The summed E-state index contributed by atoms with van der Waals surface area (Å²) in [5.41, 5.74) is 16.4. The van der Waals surface area contributed by atoms with E-state index in [1.165, 1.54) is 16.0 Å². The third kappa shape index (κ3) is 2.03. The van der Waals surface area contributed by atoms with Gasteiger partial charge in [0.05, 0.1) is 0 Å². The molecule has 3 nitrogen and oxygen atoms in total. The molecule has 0 N–H and O–H groups in total. The molecule has 0 amide bonds. The summed E-state index contributed by atoms with van der Waals surface area (Å²) in [4.78, 5) is 1.50. The van der Waals surface area contributed by atoms with Crippen LogP contribution in [0.3, 0.4) is 0 Å². The first-order valence-corrected chi connectivity index (χ1v) is 6.84. The molecular weight excluding hydrogens is 313 g/mol. The molecule has 3 rings (SSSR count). The standard InChI is InChI=1S/C12H8I.N3/c1-3-7-11-9(5-1)10-6-2-4-8-12(10)13-11;1-3-2/h1-8H;/q+1;-1. The Hall–Kier alpha value is -1.52. The Morgan fingerprint density at radius 3 is 1.56 bits per heavy atom. The average molecular weight is 321 g/mol. The maximum absolute atomic E-state index is 6.75. The van der Waals surface area contributed by atoms with Crippen molar-refractivity contribution in [3.05, 3.63) is 71.6 Å². The molecule has 0 aromatic heterocycles. The second-order valence-electron chi connectivity index (χ2n) is 3.14. The Morgan fingerprint density at radius 2 is 1.12 bits per heavy atom. The average Bonchev–Trinajstić information content (AvgIpc) is 2.68. The Kier molecular flexibility index (Phi) is 3.44. The Labute approximate surface area is 104 Å². The molecule has 1 aliphatic heterocycles. The summed E-state index contributed by atoms with van der Waals surface area (Å²) < 4.78 is 3.14. The highest BCUT2D eigenvalue weighted by Crippen LogP contribution is 2.21. The van der Waals surface area contributed by atoms with Crippen LogP contribution in [-0.2, 0) is 0 Å². The van der Waals surface area contributed by atoms with Gasteiger partial charge in [-0.3, -0.25) is 4.91 Å². The predicted molar refractivity (Wildman–Crippen MR) is 59.3 cm³/mol. The van der Waals surface area contributed by atoms with Gasteiger partial charge in [-0.1, -0.05) is 24.3 Å². The zero-order valence-electron chi connectivity index (χ0n) is 8.34. The largest absolute Gasteiger partial charge is 0.373 e. The molecule has 4 heteroatoms. The zero-order valence-corrected chi connectivity index (χ0v) is 10.5. The maximum Gasteiger partial charge on any atom is 0.359 e. The predicted octanol–water partition coefficient (Wildman–Crippen LogP) is 0.661. The Morgan fingerprint density at radius 1 is 0.750 bits per heavy atom. The summed E-state index contributed by atoms with van der Waals surface area (Å²) in [6.07, 6.45) is 0. The van der Waals surface area contributed by atoms with Gasteiger partial charge in [-0.25, -0.2) is 0 Å². The first kappa shape index (κ1) is 11.0. The van der Waals surface area contributed by atoms with E-state index in [0.29, 0.717) is 0 Å². The lowest BCUT2D eigenvalue weighted by Gasteiger charge is -1.91. The highest BCUT2D eigenvalue weighted by Gasteiger charge is 2.31. The normalized spacial score (nSPS) is 10.5. The molecule has 0 atom stereocenters. The van der Waals surface area contributed by atoms with Crippen molar-refractivity contribution in [1.29, 1.82) is 0 Å². The Balaban J connectivity index is 0.000000292. The van der Waals surface area contributed by atoms with E-state index in [9.17, 15) is 0 Å². The quantitative estimate of drug-likeness (QED) is 0.253. The van der Waals surface area contributed by atoms with Crippen molar-refractivity contribution in [3.63, 3.8) is 0 Å². The molecule has 0 unspecified atom stereocenters. The zero-order chi connectivity index (χ0) is 11.4. The molecule has 0 fully saturated rings. The van der Waals surface area contributed by atoms with Crippen LogP contribution in [0, 0.1) is 7.14 Å². The van der Waals surface area contributed by atoms with Crippen LogP contribution >= 0.6 is 0 Å². The van der Waals surface area contributed by atoms with Gasteiger partial charge in [0.1, 0.15) is 0 Å². The third-order valence-corrected chi connectivity index (χ3v) is 5.29. The molecule has 0 saturated carbocycles. The maximum atomic E-state index is 6.75. The van der Waals surface area contributed by atoms with Gasteiger partial charge in [0, 0.05) is 11.1 Å². The molecule has 0 radical (unpaired) electrons. The van der Waals surface area contributed by atoms with Gasteiger partial charge < -0.3 is 11.1 Å². The van der Waals surface area contributed by atoms with Crippen LogP contribution in [0.2, 0.25) is 0 Å². The molecular formula is C12H8IN3. The van der Waals surface area contributed by atoms with Gasteiger partial charge in [0.25, 0.3) is 0 Å². The fraction of sp³-hybridized carbons (Fsp3) is 0. The molecule has 2 aromatic carbocycles. The molecule has 0 bridgehead atoms. The van der Waals surface area contributed by atoms with Crippen LogP contribution < -0.4 is 21.2 Å². The topological polar surface area (TPSA) is 58.7 Å². The van der Waals surface area contributed by atoms with Crippen LogP contribution in [0.1, 0.15) is 0 Å². The summed E-state index contributed by atoms with van der Waals surface area (Å²) >= 11 is 0.103. The minimum Gasteiger partial charge on any atom is -0.373 e. The number of halogens is 1. The van der Waals surface area contributed by atoms with Gasteiger partial charge in [-0.15, -0.1) is 0 Å². The smallest absolute Gasteiger partial charge is 0.359 e. The van der Waals surface area contributed by atoms with Crippen LogP contribution in [0.4, 0.5) is 0 Å². The van der Waals surface area contributed by atoms with Gasteiger partial charge in [0.15, 0.2) is 0 Å². The van der Waals surface area contributed by atoms with Crippen molar-refractivity contribution in [2.24, 2.45) is 0 Å². The van der Waals surface area contributed by atoms with Gasteiger partial charge in [0.2, 0.25) is 7.14 Å². The van der Waals surface area contributed by atoms with Gasteiger partial charge in [-0.2, -0.15) is 0 Å². The van der Waals surface area contributed by atoms with E-state index in [0.717, 1.165) is 0 Å². The molecule has 0 saturated heterocycles. The lowest BCUT2D eigenvalue weighted by atomic mass is 10.1. The lowest BCUT2D eigenvalue weighted by molar-refractivity contribution is -0.589. The van der Waals surface area contributed by atoms with Crippen LogP contribution in [0.15, 0.2) is 48.5 Å². The lowest BCUT2D eigenvalue weighted by Crippen LogP contribution is -3.61. The molecule has 78 valence electrons. The second kappa shape index (κ2) is 5.01. The number of benzene rings is 2. The molecule has 0 spiro atoms. The summed E-state index contributed by atoms with van der Waals surface area (Å²) in [6, 6.07) is 17.6. The summed E-state index contributed by atoms with van der Waals surface area (Å²) in [7, 11) is 0. The second-order valence-corrected chi connectivity index (χ2v) is 6.01. The minimum absolute atomic E-state index is 0.103. The monoisotopic (exact) mass is 321 g/mol. The highest BCUT2D eigenvalue weighted by atomic mass is 127. The van der Waals surface area contributed by atoms with Crippen molar-refractivity contribution >= 4 is 0 Å². The Bertz CT molecular complexity index is 502. The van der Waals surface area contributed by atoms with Crippen molar-refractivity contribution in [2.45, 2.75) is 0 Å². The van der Waals surface area contributed by atoms with Gasteiger partial charge >= 0.3 is 21.2 Å². The van der Waals surface area contributed by atoms with Crippen molar-refractivity contribution < 1.29 is 21.2 Å². The van der Waals surface area contributed by atoms with E-state index in [1.54, 1.807) is 7.14 Å². The third-order valence-electron chi connectivity index (χ3n) is 2.24. The van der Waals surface area contributed by atoms with E-state index >= 15 is 0 Å². The van der Waals surface area contributed by atoms with E-state index in [2.05, 4.69) is 48.5 Å². The first-order chi connectivity index (χ1) is 7.86. The molecule has 1 aliphatic rings. The van der Waals surface area contributed by atoms with Crippen LogP contribution in [0.25, 0.3) is 27.1 Å². The van der Waals surface area contributed by atoms with Gasteiger partial charge in [-0.05, 0) is 24.3 Å². The van der Waals surface area contributed by atoms with E-state index in [-0.39, 0.29) is 21.2 Å². The summed E-state index contributed by atoms with van der Waals surface area (Å²) in [5.74, 6) is 0. The summed E-state index contributed by atoms with van der Waals surface area (Å²) in [5, 5.41) is 0. The fourth-order valence-electron chi connectivity index (χ4n) is 1.63. The SMILES string of the molecule is [N-]=[N+]=[N-].c1ccc2c(c1)[I+]c1ccccc1-2. The molecule has 1 heterocycles. The summed E-state index contributed by atoms with van der Waals surface area (Å²) in [6.45, 7) is 0. The molecule has 0 aliphatic carbocycles. The first-order valence-electron chi connectivity index (χ1n) is 4.68. The van der Waals surface area contributed by atoms with E-state index in [1.807, 2.05) is 0 Å². The van der Waals surface area contributed by atoms with Crippen molar-refractivity contribution in [1.82, 2.24) is 0 Å². The number of fused-ring (bicyclic) bond motifs is 3. The molecule has 16 heavy (non-hydrogen) atoms. The van der Waals surface area contributed by atoms with Crippen LogP contribution in [0.5, 0.6) is 0 Å². The number of rotatable bonds is 0. The molecule has 2 aromatic rings. The van der Waals surface area contributed by atoms with E-state index < -0.39 is 0 Å².